The highest BCUT2D eigenvalue weighted by Crippen LogP contribution is 2.68. The number of nitrogens with one attached hydrogen (secondary N) is 1. The molecule has 0 bridgehead atoms. The first-order chi connectivity index (χ1) is 15.3. The van der Waals surface area contributed by atoms with E-state index in [-0.39, 0.29) is 17.2 Å². The minimum absolute atomic E-state index is 0.00129. The van der Waals surface area contributed by atoms with E-state index in [0.717, 1.165) is 11.8 Å². The lowest BCUT2D eigenvalue weighted by Crippen LogP contribution is -2.39. The van der Waals surface area contributed by atoms with Gasteiger partial charge in [-0.1, -0.05) is 11.8 Å². The molecule has 4 heterocycles. The Morgan fingerprint density at radius 1 is 1.25 bits per heavy atom. The Balaban J connectivity index is 1.54. The molecule has 8 nitrogen and oxygen atoms in total. The Morgan fingerprint density at radius 3 is 2.81 bits per heavy atom. The topological polar surface area (TPSA) is 126 Å². The third-order valence-electron chi connectivity index (χ3n) is 5.89. The first-order valence-corrected chi connectivity index (χ1v) is 10.3. The quantitative estimate of drug-likeness (QED) is 0.572. The van der Waals surface area contributed by atoms with Crippen molar-refractivity contribution in [1.29, 1.82) is 5.26 Å². The Morgan fingerprint density at radius 2 is 2.06 bits per heavy atom. The van der Waals surface area contributed by atoms with Crippen molar-refractivity contribution in [2.75, 3.05) is 5.32 Å². The van der Waals surface area contributed by atoms with E-state index in [9.17, 15) is 13.2 Å². The molecule has 1 aliphatic heterocycles. The summed E-state index contributed by atoms with van der Waals surface area (Å²) in [6.07, 6.45) is 1.52. The summed E-state index contributed by atoms with van der Waals surface area (Å²) in [5.41, 5.74) is 6.20. The summed E-state index contributed by atoms with van der Waals surface area (Å²) < 4.78 is 41.0. The highest BCUT2D eigenvalue weighted by molar-refractivity contribution is 8.15. The van der Waals surface area contributed by atoms with Crippen LogP contribution in [0.1, 0.15) is 24.5 Å². The maximum atomic E-state index is 14.8. The van der Waals surface area contributed by atoms with E-state index >= 15 is 0 Å². The minimum Gasteiger partial charge on any atom is -0.378 e. The van der Waals surface area contributed by atoms with E-state index in [1.54, 1.807) is 13.0 Å². The van der Waals surface area contributed by atoms with Crippen LogP contribution in [0.4, 0.5) is 24.7 Å². The fourth-order valence-electron chi connectivity index (χ4n) is 4.21. The number of thioether (sulfide) groups is 1. The summed E-state index contributed by atoms with van der Waals surface area (Å²) in [5, 5.41) is 12.1. The van der Waals surface area contributed by atoms with Crippen LogP contribution in [-0.2, 0) is 5.54 Å². The monoisotopic (exact) mass is 456 g/mol. The molecule has 0 saturated heterocycles. The maximum Gasteiger partial charge on any atom is 0.253 e. The lowest BCUT2D eigenvalue weighted by atomic mass is 9.86. The lowest BCUT2D eigenvalue weighted by molar-refractivity contribution is 0.123. The van der Waals surface area contributed by atoms with Gasteiger partial charge in [0.1, 0.15) is 17.9 Å². The summed E-state index contributed by atoms with van der Waals surface area (Å²) in [5.74, 6) is -1.06. The zero-order valence-corrected chi connectivity index (χ0v) is 17.4. The third kappa shape index (κ3) is 3.03. The zero-order valence-electron chi connectivity index (χ0n) is 16.6. The largest absolute Gasteiger partial charge is 0.378 e. The fraction of sp³-hybridized carbons (Fsp3) is 0.300. The number of amidine groups is 1. The summed E-state index contributed by atoms with van der Waals surface area (Å²) in [6, 6.07) is 5.03. The number of nitrogens with two attached hydrogens (primary N) is 1. The van der Waals surface area contributed by atoms with Gasteiger partial charge in [0.05, 0.1) is 33.3 Å². The fourth-order valence-corrected chi connectivity index (χ4v) is 5.55. The number of halogens is 3. The van der Waals surface area contributed by atoms with Crippen LogP contribution in [0.2, 0.25) is 0 Å². The van der Waals surface area contributed by atoms with E-state index in [1.807, 2.05) is 6.07 Å². The molecule has 3 N–H and O–H groups in total. The number of hydrogen-bond acceptors (Lipinski definition) is 9. The molecule has 1 aliphatic carbocycles. The van der Waals surface area contributed by atoms with Crippen LogP contribution in [0.5, 0.6) is 0 Å². The highest BCUT2D eigenvalue weighted by Gasteiger charge is 2.71. The molecule has 1 fully saturated rings. The number of hydrogen-bond donors (Lipinski definition) is 2. The Bertz CT molecular complexity index is 1330. The minimum atomic E-state index is -2.61. The Labute approximate surface area is 184 Å². The third-order valence-corrected chi connectivity index (χ3v) is 7.20. The smallest absolute Gasteiger partial charge is 0.253 e. The van der Waals surface area contributed by atoms with Crippen molar-refractivity contribution in [3.63, 3.8) is 0 Å². The van der Waals surface area contributed by atoms with Gasteiger partial charge < -0.3 is 11.1 Å². The van der Waals surface area contributed by atoms with E-state index < -0.39 is 28.6 Å². The van der Waals surface area contributed by atoms with E-state index in [1.165, 1.54) is 24.8 Å². The van der Waals surface area contributed by atoms with Crippen molar-refractivity contribution in [3.8, 4) is 6.07 Å². The predicted octanol–water partition coefficient (Wildman–Crippen LogP) is 3.47. The van der Waals surface area contributed by atoms with Crippen molar-refractivity contribution in [1.82, 2.24) is 19.9 Å². The van der Waals surface area contributed by atoms with Crippen molar-refractivity contribution in [2.24, 2.45) is 16.6 Å². The molecule has 0 spiro atoms. The van der Waals surface area contributed by atoms with Crippen LogP contribution >= 0.6 is 11.8 Å². The van der Waals surface area contributed by atoms with Crippen LogP contribution in [0.3, 0.4) is 0 Å². The Hall–Kier alpha value is -3.46. The van der Waals surface area contributed by atoms with Gasteiger partial charge in [0.25, 0.3) is 6.43 Å². The van der Waals surface area contributed by atoms with Gasteiger partial charge in [-0.15, -0.1) is 0 Å². The second kappa shape index (κ2) is 7.03. The van der Waals surface area contributed by atoms with Crippen molar-refractivity contribution >= 4 is 39.5 Å². The molecule has 0 aromatic carbocycles. The maximum absolute atomic E-state index is 14.8. The SMILES string of the molecule is C[C@]1(c2cc(Nc3ncnc4cc(C#N)cnc34)cnc2F)N=C(N)S[C@@]2(C(F)F)C[C@@H]12. The first-order valence-electron chi connectivity index (χ1n) is 9.53. The number of rotatable bonds is 4. The molecule has 1 saturated carbocycles. The van der Waals surface area contributed by atoms with Crippen LogP contribution < -0.4 is 11.1 Å². The standard InChI is InChI=1S/C20H15F3N8S/c1-19(13-4-20(13,17(22)23)32-18(25)31-19)11-3-10(7-27-15(11)21)30-16-14-12(28-8-29-16)2-9(5-24)6-26-14/h2-3,6-8,13,17H,4H2,1H3,(H2,25,31)(H,28,29,30)/t13-,19+,20-/m0/s1. The molecule has 5 rings (SSSR count). The van der Waals surface area contributed by atoms with Crippen molar-refractivity contribution < 1.29 is 13.2 Å². The number of aromatic nitrogens is 4. The Kier molecular flexibility index (Phi) is 4.49. The summed E-state index contributed by atoms with van der Waals surface area (Å²) in [6.45, 7) is 1.60. The molecular weight excluding hydrogens is 441 g/mol. The number of aliphatic imine (C=N–C) groups is 1. The number of pyridine rings is 2. The molecule has 162 valence electrons. The number of alkyl halides is 2. The second-order valence-corrected chi connectivity index (χ2v) is 9.21. The average molecular weight is 456 g/mol. The molecule has 3 aromatic heterocycles. The number of fused-ring (bicyclic) bond motifs is 2. The van der Waals surface area contributed by atoms with Gasteiger partial charge in [0.2, 0.25) is 5.95 Å². The molecule has 3 atom stereocenters. The van der Waals surface area contributed by atoms with Gasteiger partial charge in [0.15, 0.2) is 11.0 Å². The molecular formula is C20H15F3N8S. The van der Waals surface area contributed by atoms with Crippen LogP contribution in [0.15, 0.2) is 35.8 Å². The number of nitriles is 1. The van der Waals surface area contributed by atoms with Gasteiger partial charge in [0, 0.05) is 17.7 Å². The van der Waals surface area contributed by atoms with Crippen molar-refractivity contribution in [3.05, 3.63) is 47.9 Å². The van der Waals surface area contributed by atoms with Gasteiger partial charge in [-0.2, -0.15) is 9.65 Å². The normalized spacial score (nSPS) is 26.4. The number of anilines is 2. The molecule has 32 heavy (non-hydrogen) atoms. The molecule has 12 heteroatoms. The van der Waals surface area contributed by atoms with Gasteiger partial charge in [-0.25, -0.2) is 28.7 Å². The van der Waals surface area contributed by atoms with Crippen LogP contribution in [-0.4, -0.2) is 36.3 Å². The number of nitrogens with zero attached hydrogens (tertiary/aromatic N) is 6. The summed E-state index contributed by atoms with van der Waals surface area (Å²) in [4.78, 5) is 20.7. The molecule has 3 aromatic rings. The van der Waals surface area contributed by atoms with Crippen LogP contribution in [0, 0.1) is 23.2 Å². The van der Waals surface area contributed by atoms with E-state index in [2.05, 4.69) is 30.2 Å². The van der Waals surface area contributed by atoms with E-state index in [4.69, 9.17) is 11.0 Å². The summed E-state index contributed by atoms with van der Waals surface area (Å²) >= 11 is 0.856. The predicted molar refractivity (Wildman–Crippen MR) is 113 cm³/mol. The molecule has 0 unspecified atom stereocenters. The van der Waals surface area contributed by atoms with E-state index in [0.29, 0.717) is 28.1 Å². The average Bonchev–Trinajstić information content (AvgIpc) is 3.52. The highest BCUT2D eigenvalue weighted by atomic mass is 32.2. The van der Waals surface area contributed by atoms with Gasteiger partial charge in [-0.3, -0.25) is 4.99 Å². The first kappa shape index (κ1) is 20.4. The molecule has 0 amide bonds. The molecule has 0 radical (unpaired) electrons. The van der Waals surface area contributed by atoms with Gasteiger partial charge in [-0.05, 0) is 25.5 Å². The zero-order chi connectivity index (χ0) is 22.7. The van der Waals surface area contributed by atoms with Crippen LogP contribution in [0.25, 0.3) is 11.0 Å². The van der Waals surface area contributed by atoms with Crippen molar-refractivity contribution in [2.45, 2.75) is 30.1 Å². The second-order valence-electron chi connectivity index (χ2n) is 7.83. The molecule has 2 aliphatic rings. The summed E-state index contributed by atoms with van der Waals surface area (Å²) in [7, 11) is 0. The van der Waals surface area contributed by atoms with Gasteiger partial charge >= 0.3 is 0 Å². The lowest BCUT2D eigenvalue weighted by Gasteiger charge is -2.33.